The number of carbonyl (C=O) groups excluding carboxylic acids is 1. The first kappa shape index (κ1) is 27.3. The van der Waals surface area contributed by atoms with Gasteiger partial charge in [0.05, 0.1) is 22.6 Å². The summed E-state index contributed by atoms with van der Waals surface area (Å²) in [6, 6.07) is 5.42. The predicted molar refractivity (Wildman–Crippen MR) is 115 cm³/mol. The summed E-state index contributed by atoms with van der Waals surface area (Å²) in [5, 5.41) is 9.46. The molecule has 0 bridgehead atoms. The van der Waals surface area contributed by atoms with Crippen molar-refractivity contribution in [3.8, 4) is 0 Å². The van der Waals surface area contributed by atoms with Crippen LogP contribution in [0.15, 0.2) is 42.5 Å². The third-order valence-corrected chi connectivity index (χ3v) is 6.52. The Hall–Kier alpha value is -3.31. The van der Waals surface area contributed by atoms with Crippen LogP contribution in [-0.4, -0.2) is 53.1 Å². The number of halogens is 7. The summed E-state index contributed by atoms with van der Waals surface area (Å²) < 4.78 is 93.6. The highest BCUT2D eigenvalue weighted by Gasteiger charge is 2.45. The molecule has 1 N–H and O–H groups in total. The maximum Gasteiger partial charge on any atom is 0.416 e. The third kappa shape index (κ3) is 5.41. The number of hydrogen-bond donors (Lipinski definition) is 1. The number of hydrogen-bond acceptors (Lipinski definition) is 2. The van der Waals surface area contributed by atoms with Crippen molar-refractivity contribution >= 4 is 12.0 Å². The Balaban J connectivity index is 2.02. The smallest absolute Gasteiger partial charge is 0.416 e. The van der Waals surface area contributed by atoms with Crippen LogP contribution in [0, 0.1) is 5.82 Å². The molecule has 0 aliphatic carbocycles. The molecule has 0 aromatic heterocycles. The van der Waals surface area contributed by atoms with E-state index in [4.69, 9.17) is 0 Å². The lowest BCUT2D eigenvalue weighted by Gasteiger charge is -2.36. The molecule has 0 radical (unpaired) electrons. The van der Waals surface area contributed by atoms with Gasteiger partial charge in [-0.25, -0.2) is 9.18 Å². The Morgan fingerprint density at radius 2 is 1.36 bits per heavy atom. The van der Waals surface area contributed by atoms with E-state index < -0.39 is 64.2 Å². The molecule has 36 heavy (non-hydrogen) atoms. The van der Waals surface area contributed by atoms with Gasteiger partial charge in [-0.05, 0) is 55.3 Å². The Kier molecular flexibility index (Phi) is 7.04. The standard InChI is InChI=1S/C24H23F7N2O3/c1-22(2,14-8-15(23(26,27)28)10-16(9-14)24(29,30)31)20(34)32(3)19-12-33(21(35)36)11-18(19)13-4-6-17(25)7-5-13/h4-10,18-19H,11-12H2,1-3H3,(H,35,36)/t18-,19+/m0/s1. The SMILES string of the molecule is CN(C(=O)C(C)(C)c1cc(C(F)(F)F)cc(C(F)(F)F)c1)[C@@H]1CN(C(=O)O)C[C@H]1c1ccc(F)cc1. The number of carbonyl (C=O) groups is 2. The van der Waals surface area contributed by atoms with Gasteiger partial charge in [0, 0.05) is 26.1 Å². The van der Waals surface area contributed by atoms with Crippen molar-refractivity contribution in [3.05, 3.63) is 70.5 Å². The molecule has 1 heterocycles. The van der Waals surface area contributed by atoms with Gasteiger partial charge in [0.1, 0.15) is 5.82 Å². The number of carboxylic acid groups (broad SMARTS) is 1. The molecular formula is C24H23F7N2O3. The van der Waals surface area contributed by atoms with Crippen molar-refractivity contribution in [2.75, 3.05) is 20.1 Å². The maximum atomic E-state index is 13.5. The molecule has 1 fully saturated rings. The molecule has 1 saturated heterocycles. The Labute approximate surface area is 202 Å². The van der Waals surface area contributed by atoms with E-state index in [2.05, 4.69) is 0 Å². The summed E-state index contributed by atoms with van der Waals surface area (Å²) >= 11 is 0. The van der Waals surface area contributed by atoms with Crippen LogP contribution in [-0.2, 0) is 22.6 Å². The highest BCUT2D eigenvalue weighted by molar-refractivity contribution is 5.88. The van der Waals surface area contributed by atoms with Gasteiger partial charge in [-0.15, -0.1) is 0 Å². The van der Waals surface area contributed by atoms with Gasteiger partial charge >= 0.3 is 18.4 Å². The van der Waals surface area contributed by atoms with Gasteiger partial charge in [-0.3, -0.25) is 4.79 Å². The second kappa shape index (κ2) is 9.29. The Morgan fingerprint density at radius 1 is 0.889 bits per heavy atom. The highest BCUT2D eigenvalue weighted by Crippen LogP contribution is 2.40. The van der Waals surface area contributed by atoms with Crippen LogP contribution in [0.2, 0.25) is 0 Å². The lowest BCUT2D eigenvalue weighted by atomic mass is 9.80. The molecule has 2 amide bonds. The average molecular weight is 520 g/mol. The molecule has 196 valence electrons. The molecule has 2 atom stereocenters. The number of amides is 2. The topological polar surface area (TPSA) is 60.9 Å². The van der Waals surface area contributed by atoms with Crippen molar-refractivity contribution in [3.63, 3.8) is 0 Å². The van der Waals surface area contributed by atoms with Crippen molar-refractivity contribution < 1.29 is 45.4 Å². The quantitative estimate of drug-likeness (QED) is 0.523. The number of nitrogens with zero attached hydrogens (tertiary/aromatic N) is 2. The summed E-state index contributed by atoms with van der Waals surface area (Å²) in [5.74, 6) is -1.93. The highest BCUT2D eigenvalue weighted by atomic mass is 19.4. The number of alkyl halides is 6. The van der Waals surface area contributed by atoms with Crippen LogP contribution in [0.5, 0.6) is 0 Å². The van der Waals surface area contributed by atoms with Gasteiger partial charge < -0.3 is 14.9 Å². The molecule has 0 saturated carbocycles. The van der Waals surface area contributed by atoms with Crippen LogP contribution >= 0.6 is 0 Å². The molecule has 0 unspecified atom stereocenters. The molecule has 12 heteroatoms. The lowest BCUT2D eigenvalue weighted by Crippen LogP contribution is -2.49. The fourth-order valence-electron chi connectivity index (χ4n) is 4.40. The van der Waals surface area contributed by atoms with Gasteiger partial charge in [-0.2, -0.15) is 26.3 Å². The van der Waals surface area contributed by atoms with Crippen LogP contribution < -0.4 is 0 Å². The van der Waals surface area contributed by atoms with E-state index >= 15 is 0 Å². The second-order valence-corrected chi connectivity index (χ2v) is 9.25. The largest absolute Gasteiger partial charge is 0.465 e. The third-order valence-electron chi connectivity index (χ3n) is 6.52. The predicted octanol–water partition coefficient (Wildman–Crippen LogP) is 5.75. The number of rotatable bonds is 4. The zero-order valence-electron chi connectivity index (χ0n) is 19.4. The minimum Gasteiger partial charge on any atom is -0.465 e. The van der Waals surface area contributed by atoms with Crippen LogP contribution in [0.25, 0.3) is 0 Å². The van der Waals surface area contributed by atoms with Crippen molar-refractivity contribution in [2.24, 2.45) is 0 Å². The first-order valence-corrected chi connectivity index (χ1v) is 10.7. The van der Waals surface area contributed by atoms with E-state index in [1.54, 1.807) is 0 Å². The first-order chi connectivity index (χ1) is 16.4. The normalized spacial score (nSPS) is 18.9. The molecule has 1 aliphatic rings. The van der Waals surface area contributed by atoms with Crippen LogP contribution in [0.1, 0.15) is 42.0 Å². The van der Waals surface area contributed by atoms with Crippen LogP contribution in [0.3, 0.4) is 0 Å². The minimum atomic E-state index is -5.08. The van der Waals surface area contributed by atoms with E-state index in [1.165, 1.54) is 45.2 Å². The minimum absolute atomic E-state index is 0.0138. The zero-order valence-corrected chi connectivity index (χ0v) is 19.4. The molecule has 1 aliphatic heterocycles. The fourth-order valence-corrected chi connectivity index (χ4v) is 4.40. The van der Waals surface area contributed by atoms with Crippen molar-refractivity contribution in [2.45, 2.75) is 43.6 Å². The summed E-state index contributed by atoms with van der Waals surface area (Å²) in [4.78, 5) is 27.3. The van der Waals surface area contributed by atoms with E-state index in [-0.39, 0.29) is 19.2 Å². The summed E-state index contributed by atoms with van der Waals surface area (Å²) in [6.45, 7) is 2.23. The van der Waals surface area contributed by atoms with Crippen molar-refractivity contribution in [1.29, 1.82) is 0 Å². The van der Waals surface area contributed by atoms with Gasteiger partial charge in [0.25, 0.3) is 0 Å². The first-order valence-electron chi connectivity index (χ1n) is 10.7. The number of likely N-dealkylation sites (N-methyl/N-ethyl adjacent to an activating group) is 1. The molecule has 5 nitrogen and oxygen atoms in total. The number of benzene rings is 2. The van der Waals surface area contributed by atoms with E-state index in [1.807, 2.05) is 0 Å². The van der Waals surface area contributed by atoms with Crippen molar-refractivity contribution in [1.82, 2.24) is 9.80 Å². The maximum absolute atomic E-state index is 13.5. The van der Waals surface area contributed by atoms with E-state index in [0.29, 0.717) is 17.7 Å². The van der Waals surface area contributed by atoms with E-state index in [0.717, 1.165) is 9.80 Å². The summed E-state index contributed by atoms with van der Waals surface area (Å²) in [6.07, 6.45) is -11.4. The fraction of sp³-hybridized carbons (Fsp3) is 0.417. The molecule has 0 spiro atoms. The van der Waals surface area contributed by atoms with Gasteiger partial charge in [0.15, 0.2) is 0 Å². The Bertz CT molecular complexity index is 1110. The molecular weight excluding hydrogens is 497 g/mol. The summed E-state index contributed by atoms with van der Waals surface area (Å²) in [5.41, 5.74) is -4.88. The lowest BCUT2D eigenvalue weighted by molar-refractivity contribution is -0.144. The summed E-state index contributed by atoms with van der Waals surface area (Å²) in [7, 11) is 1.31. The average Bonchev–Trinajstić information content (AvgIpc) is 3.23. The van der Waals surface area contributed by atoms with E-state index in [9.17, 15) is 45.4 Å². The number of likely N-dealkylation sites (tertiary alicyclic amines) is 1. The second-order valence-electron chi connectivity index (χ2n) is 9.25. The van der Waals surface area contributed by atoms with Gasteiger partial charge in [-0.1, -0.05) is 12.1 Å². The molecule has 2 aromatic rings. The Morgan fingerprint density at radius 3 is 1.81 bits per heavy atom. The van der Waals surface area contributed by atoms with Crippen LogP contribution in [0.4, 0.5) is 35.5 Å². The monoisotopic (exact) mass is 520 g/mol. The van der Waals surface area contributed by atoms with Gasteiger partial charge in [0.2, 0.25) is 5.91 Å². The molecule has 2 aromatic carbocycles. The molecule has 3 rings (SSSR count). The zero-order chi connectivity index (χ0) is 27.2.